The van der Waals surface area contributed by atoms with E-state index >= 15 is 0 Å². The lowest BCUT2D eigenvalue weighted by atomic mass is 10.3. The normalized spacial score (nSPS) is 11.2. The maximum Gasteiger partial charge on any atom is 0.289 e. The van der Waals surface area contributed by atoms with Crippen LogP contribution >= 0.6 is 0 Å². The molecule has 0 bridgehead atoms. The Morgan fingerprint density at radius 2 is 2.05 bits per heavy atom. The number of anilines is 1. The standard InChI is InChI=1S/C11H12N4O4S/c1-2-14-11(7-8-12-14)13-20(18,19)10-6-4-3-5-9(10)15(16)17/h3-8,13H,2H2,1H3. The molecule has 1 aromatic carbocycles. The van der Waals surface area contributed by atoms with Crippen LogP contribution in [-0.2, 0) is 16.6 Å². The van der Waals surface area contributed by atoms with Crippen molar-refractivity contribution >= 4 is 21.5 Å². The Labute approximate surface area is 115 Å². The van der Waals surface area contributed by atoms with Gasteiger partial charge in [-0.1, -0.05) is 12.1 Å². The summed E-state index contributed by atoms with van der Waals surface area (Å²) < 4.78 is 28.2. The Bertz CT molecular complexity index is 738. The fourth-order valence-electron chi connectivity index (χ4n) is 1.70. The third kappa shape index (κ3) is 2.62. The van der Waals surface area contributed by atoms with Gasteiger partial charge in [0, 0.05) is 18.7 Å². The molecule has 1 N–H and O–H groups in total. The molecule has 0 spiro atoms. The number of aromatic nitrogens is 2. The molecule has 106 valence electrons. The summed E-state index contributed by atoms with van der Waals surface area (Å²) in [4.78, 5) is 9.78. The number of aryl methyl sites for hydroxylation is 1. The summed E-state index contributed by atoms with van der Waals surface area (Å²) in [6.45, 7) is 2.28. The molecule has 0 fully saturated rings. The predicted octanol–water partition coefficient (Wildman–Crippen LogP) is 1.61. The Balaban J connectivity index is 2.44. The number of nitro groups is 1. The number of nitrogens with zero attached hydrogens (tertiary/aromatic N) is 3. The van der Waals surface area contributed by atoms with Gasteiger partial charge in [-0.25, -0.2) is 13.1 Å². The number of sulfonamides is 1. The van der Waals surface area contributed by atoms with Gasteiger partial charge in [0.05, 0.1) is 11.1 Å². The molecule has 20 heavy (non-hydrogen) atoms. The molecule has 0 aliphatic heterocycles. The lowest BCUT2D eigenvalue weighted by Crippen LogP contribution is -2.17. The minimum atomic E-state index is -4.04. The van der Waals surface area contributed by atoms with Gasteiger partial charge in [-0.05, 0) is 13.0 Å². The first-order chi connectivity index (χ1) is 9.45. The number of hydrogen-bond acceptors (Lipinski definition) is 5. The van der Waals surface area contributed by atoms with Crippen LogP contribution in [0.25, 0.3) is 0 Å². The second kappa shape index (κ2) is 5.29. The predicted molar refractivity (Wildman–Crippen MR) is 71.8 cm³/mol. The molecule has 1 heterocycles. The van der Waals surface area contributed by atoms with Crippen molar-refractivity contribution in [3.8, 4) is 0 Å². The molecule has 0 saturated carbocycles. The van der Waals surface area contributed by atoms with Crippen molar-refractivity contribution in [2.75, 3.05) is 4.72 Å². The Morgan fingerprint density at radius 3 is 2.70 bits per heavy atom. The van der Waals surface area contributed by atoms with E-state index in [0.717, 1.165) is 6.07 Å². The maximum atomic E-state index is 12.2. The zero-order chi connectivity index (χ0) is 14.8. The zero-order valence-electron chi connectivity index (χ0n) is 10.6. The van der Waals surface area contributed by atoms with Crippen LogP contribution in [0.1, 0.15) is 6.92 Å². The number of para-hydroxylation sites is 1. The van der Waals surface area contributed by atoms with Gasteiger partial charge in [0.15, 0.2) is 4.90 Å². The largest absolute Gasteiger partial charge is 0.289 e. The fraction of sp³-hybridized carbons (Fsp3) is 0.182. The van der Waals surface area contributed by atoms with Gasteiger partial charge < -0.3 is 0 Å². The summed E-state index contributed by atoms with van der Waals surface area (Å²) in [5.74, 6) is 0.255. The molecule has 0 aliphatic carbocycles. The molecule has 1 aromatic heterocycles. The first-order valence-electron chi connectivity index (χ1n) is 5.73. The van der Waals surface area contributed by atoms with Crippen LogP contribution in [-0.4, -0.2) is 23.1 Å². The van der Waals surface area contributed by atoms with Crippen molar-refractivity contribution in [3.63, 3.8) is 0 Å². The summed E-state index contributed by atoms with van der Waals surface area (Å²) in [6, 6.07) is 6.65. The quantitative estimate of drug-likeness (QED) is 0.666. The first-order valence-corrected chi connectivity index (χ1v) is 7.22. The average Bonchev–Trinajstić information content (AvgIpc) is 2.85. The molecule has 2 aromatic rings. The van der Waals surface area contributed by atoms with E-state index in [1.54, 1.807) is 6.92 Å². The van der Waals surface area contributed by atoms with Crippen LogP contribution in [0, 0.1) is 10.1 Å². The molecule has 0 atom stereocenters. The van der Waals surface area contributed by atoms with Gasteiger partial charge in [-0.2, -0.15) is 5.10 Å². The zero-order valence-corrected chi connectivity index (χ0v) is 11.4. The van der Waals surface area contributed by atoms with Crippen LogP contribution in [0.15, 0.2) is 41.4 Å². The fourth-order valence-corrected chi connectivity index (χ4v) is 2.93. The number of nitrogens with one attached hydrogen (secondary N) is 1. The Kier molecular flexibility index (Phi) is 3.70. The molecular weight excluding hydrogens is 284 g/mol. The van der Waals surface area contributed by atoms with Gasteiger partial charge in [-0.15, -0.1) is 0 Å². The van der Waals surface area contributed by atoms with Gasteiger partial charge in [0.25, 0.3) is 15.7 Å². The number of nitro benzene ring substituents is 1. The van der Waals surface area contributed by atoms with E-state index in [9.17, 15) is 18.5 Å². The first kappa shape index (κ1) is 14.0. The summed E-state index contributed by atoms with van der Waals surface area (Å²) in [5.41, 5.74) is -0.470. The molecule has 0 amide bonds. The van der Waals surface area contributed by atoms with E-state index in [0.29, 0.717) is 6.54 Å². The van der Waals surface area contributed by atoms with Crippen LogP contribution in [0.5, 0.6) is 0 Å². The van der Waals surface area contributed by atoms with E-state index in [-0.39, 0.29) is 10.7 Å². The highest BCUT2D eigenvalue weighted by atomic mass is 32.2. The summed E-state index contributed by atoms with van der Waals surface area (Å²) in [6.07, 6.45) is 1.45. The summed E-state index contributed by atoms with van der Waals surface area (Å²) >= 11 is 0. The molecule has 2 rings (SSSR count). The minimum Gasteiger partial charge on any atom is -0.263 e. The monoisotopic (exact) mass is 296 g/mol. The number of rotatable bonds is 5. The Hall–Kier alpha value is -2.42. The highest BCUT2D eigenvalue weighted by molar-refractivity contribution is 7.92. The summed E-state index contributed by atoms with van der Waals surface area (Å²) in [5, 5.41) is 14.8. The van der Waals surface area contributed by atoms with Crippen LogP contribution in [0.3, 0.4) is 0 Å². The second-order valence-electron chi connectivity index (χ2n) is 3.86. The minimum absolute atomic E-state index is 0.255. The van der Waals surface area contributed by atoms with Crippen molar-refractivity contribution in [2.45, 2.75) is 18.4 Å². The third-order valence-corrected chi connectivity index (χ3v) is 4.01. The second-order valence-corrected chi connectivity index (χ2v) is 5.51. The van der Waals surface area contributed by atoms with Crippen molar-refractivity contribution in [1.29, 1.82) is 0 Å². The van der Waals surface area contributed by atoms with Crippen LogP contribution in [0.4, 0.5) is 11.5 Å². The summed E-state index contributed by atoms with van der Waals surface area (Å²) in [7, 11) is -4.04. The van der Waals surface area contributed by atoms with E-state index in [2.05, 4.69) is 9.82 Å². The van der Waals surface area contributed by atoms with Crippen LogP contribution in [0.2, 0.25) is 0 Å². The molecular formula is C11H12N4O4S. The van der Waals surface area contributed by atoms with Gasteiger partial charge in [-0.3, -0.25) is 14.8 Å². The Morgan fingerprint density at radius 1 is 1.35 bits per heavy atom. The van der Waals surface area contributed by atoms with E-state index in [1.165, 1.54) is 35.1 Å². The van der Waals surface area contributed by atoms with E-state index in [4.69, 9.17) is 0 Å². The lowest BCUT2D eigenvalue weighted by molar-refractivity contribution is -0.387. The number of hydrogen-bond donors (Lipinski definition) is 1. The molecule has 8 nitrogen and oxygen atoms in total. The van der Waals surface area contributed by atoms with Gasteiger partial charge >= 0.3 is 0 Å². The van der Waals surface area contributed by atoms with Crippen LogP contribution < -0.4 is 4.72 Å². The van der Waals surface area contributed by atoms with Gasteiger partial charge in [0.2, 0.25) is 0 Å². The molecule has 0 radical (unpaired) electrons. The molecule has 0 saturated heterocycles. The van der Waals surface area contributed by atoms with Crippen molar-refractivity contribution < 1.29 is 13.3 Å². The third-order valence-electron chi connectivity index (χ3n) is 2.61. The van der Waals surface area contributed by atoms with Crippen molar-refractivity contribution in [2.24, 2.45) is 0 Å². The number of benzene rings is 1. The maximum absolute atomic E-state index is 12.2. The van der Waals surface area contributed by atoms with Gasteiger partial charge in [0.1, 0.15) is 5.82 Å². The van der Waals surface area contributed by atoms with E-state index < -0.39 is 20.6 Å². The van der Waals surface area contributed by atoms with Crippen molar-refractivity contribution in [3.05, 3.63) is 46.6 Å². The lowest BCUT2D eigenvalue weighted by Gasteiger charge is -2.09. The molecule has 0 aliphatic rings. The topological polar surface area (TPSA) is 107 Å². The molecule has 0 unspecified atom stereocenters. The van der Waals surface area contributed by atoms with Crippen molar-refractivity contribution in [1.82, 2.24) is 9.78 Å². The highest BCUT2D eigenvalue weighted by Crippen LogP contribution is 2.25. The smallest absolute Gasteiger partial charge is 0.263 e. The highest BCUT2D eigenvalue weighted by Gasteiger charge is 2.25. The van der Waals surface area contributed by atoms with E-state index in [1.807, 2.05) is 0 Å². The molecule has 9 heteroatoms. The SMILES string of the molecule is CCn1nccc1NS(=O)(=O)c1ccccc1[N+](=O)[O-]. The average molecular weight is 296 g/mol.